The van der Waals surface area contributed by atoms with Crippen molar-refractivity contribution in [2.24, 2.45) is 11.7 Å². The van der Waals surface area contributed by atoms with Gasteiger partial charge in [0.15, 0.2) is 0 Å². The summed E-state index contributed by atoms with van der Waals surface area (Å²) < 4.78 is 46.3. The highest BCUT2D eigenvalue weighted by molar-refractivity contribution is 6.33. The summed E-state index contributed by atoms with van der Waals surface area (Å²) in [5, 5.41) is 5.34. The van der Waals surface area contributed by atoms with Crippen LogP contribution in [-0.2, 0) is 11.0 Å². The van der Waals surface area contributed by atoms with Crippen LogP contribution in [0.3, 0.4) is 0 Å². The molecule has 4 aromatic rings. The number of aromatic nitrogens is 2. The second kappa shape index (κ2) is 11.1. The van der Waals surface area contributed by atoms with Crippen LogP contribution in [0.2, 0.25) is 5.02 Å². The Bertz CT molecular complexity index is 1550. The van der Waals surface area contributed by atoms with Gasteiger partial charge in [0.25, 0.3) is 0 Å². The molecule has 0 aliphatic rings. The number of hydrogen-bond donors (Lipinski definition) is 1. The number of amides is 1. The molecular weight excluding hydrogens is 531 g/mol. The summed E-state index contributed by atoms with van der Waals surface area (Å²) in [7, 11) is 0. The van der Waals surface area contributed by atoms with Gasteiger partial charge in [-0.15, -0.1) is 0 Å². The van der Waals surface area contributed by atoms with Gasteiger partial charge in [-0.3, -0.25) is 14.3 Å². The molecule has 6 nitrogen and oxygen atoms in total. The Morgan fingerprint density at radius 2 is 1.82 bits per heavy atom. The number of fused-ring (bicyclic) bond motifs is 1. The molecule has 3 aromatic carbocycles. The van der Waals surface area contributed by atoms with E-state index in [9.17, 15) is 22.8 Å². The van der Waals surface area contributed by atoms with Gasteiger partial charge in [-0.25, -0.2) is 0 Å². The van der Waals surface area contributed by atoms with E-state index >= 15 is 0 Å². The lowest BCUT2D eigenvalue weighted by Gasteiger charge is -2.23. The average molecular weight is 558 g/mol. The first kappa shape index (κ1) is 28.2. The predicted octanol–water partition coefficient (Wildman–Crippen LogP) is 7.43. The van der Waals surface area contributed by atoms with Crippen molar-refractivity contribution in [3.8, 4) is 16.9 Å². The highest BCUT2D eigenvalue weighted by atomic mass is 35.5. The molecule has 0 saturated carbocycles. The molecule has 1 heterocycles. The number of esters is 1. The van der Waals surface area contributed by atoms with Gasteiger partial charge >= 0.3 is 12.1 Å². The minimum Gasteiger partial charge on any atom is -0.427 e. The normalized spacial score (nSPS) is 12.6. The summed E-state index contributed by atoms with van der Waals surface area (Å²) in [6, 6.07) is 13.1. The largest absolute Gasteiger partial charge is 0.427 e. The molecule has 1 atom stereocenters. The number of carbonyl (C=O) groups excluding carboxylic acids is 2. The van der Waals surface area contributed by atoms with Crippen LogP contribution in [0.4, 0.5) is 13.2 Å². The van der Waals surface area contributed by atoms with E-state index in [1.54, 1.807) is 36.0 Å². The van der Waals surface area contributed by atoms with Crippen LogP contribution in [0.25, 0.3) is 22.0 Å². The van der Waals surface area contributed by atoms with Crippen molar-refractivity contribution >= 4 is 34.4 Å². The number of alkyl halides is 3. The molecule has 0 saturated heterocycles. The molecule has 1 amide bonds. The maximum Gasteiger partial charge on any atom is 0.416 e. The van der Waals surface area contributed by atoms with Crippen LogP contribution in [0.1, 0.15) is 61.1 Å². The molecule has 0 fully saturated rings. The minimum absolute atomic E-state index is 0.00999. The Hall–Kier alpha value is -3.85. The van der Waals surface area contributed by atoms with Gasteiger partial charge in [0.2, 0.25) is 5.91 Å². The first-order valence-electron chi connectivity index (χ1n) is 12.4. The third-order valence-corrected chi connectivity index (χ3v) is 6.68. The Kier molecular flexibility index (Phi) is 8.02. The minimum atomic E-state index is -4.49. The summed E-state index contributed by atoms with van der Waals surface area (Å²) in [5.74, 6) is -0.647. The molecule has 0 radical (unpaired) electrons. The lowest BCUT2D eigenvalue weighted by atomic mass is 9.92. The van der Waals surface area contributed by atoms with E-state index in [4.69, 9.17) is 22.1 Å². The Labute approximate surface area is 228 Å². The van der Waals surface area contributed by atoms with Crippen LogP contribution < -0.4 is 10.5 Å². The van der Waals surface area contributed by atoms with Gasteiger partial charge in [0, 0.05) is 28.0 Å². The number of nitrogens with two attached hydrogens (primary N) is 1. The maximum absolute atomic E-state index is 13.1. The number of halogens is 4. The van der Waals surface area contributed by atoms with Crippen molar-refractivity contribution in [2.45, 2.75) is 45.8 Å². The zero-order valence-electron chi connectivity index (χ0n) is 21.6. The van der Waals surface area contributed by atoms with Crippen LogP contribution in [0.5, 0.6) is 5.75 Å². The van der Waals surface area contributed by atoms with Crippen molar-refractivity contribution in [2.75, 3.05) is 0 Å². The topological polar surface area (TPSA) is 87.2 Å². The van der Waals surface area contributed by atoms with Crippen molar-refractivity contribution < 1.29 is 27.5 Å². The molecular formula is C29H27ClF3N3O3. The van der Waals surface area contributed by atoms with E-state index in [0.717, 1.165) is 23.0 Å². The van der Waals surface area contributed by atoms with Crippen molar-refractivity contribution in [3.63, 3.8) is 0 Å². The van der Waals surface area contributed by atoms with Crippen LogP contribution in [-0.4, -0.2) is 21.7 Å². The Morgan fingerprint density at radius 1 is 1.08 bits per heavy atom. The first-order valence-corrected chi connectivity index (χ1v) is 12.8. The number of nitrogens with zero attached hydrogens (tertiary/aromatic N) is 2. The third kappa shape index (κ3) is 6.09. The van der Waals surface area contributed by atoms with Crippen molar-refractivity contribution in [1.29, 1.82) is 0 Å². The fraction of sp³-hybridized carbons (Fsp3) is 0.276. The van der Waals surface area contributed by atoms with Gasteiger partial charge in [-0.2, -0.15) is 18.3 Å². The number of primary amides is 1. The second-order valence-corrected chi connectivity index (χ2v) is 10.0. The van der Waals surface area contributed by atoms with E-state index in [2.05, 4.69) is 5.10 Å². The summed E-state index contributed by atoms with van der Waals surface area (Å²) in [6.07, 6.45) is -2.02. The van der Waals surface area contributed by atoms with Crippen molar-refractivity contribution in [3.05, 3.63) is 82.5 Å². The van der Waals surface area contributed by atoms with Crippen molar-refractivity contribution in [1.82, 2.24) is 9.78 Å². The lowest BCUT2D eigenvalue weighted by Crippen LogP contribution is -2.21. The summed E-state index contributed by atoms with van der Waals surface area (Å²) >= 11 is 6.22. The van der Waals surface area contributed by atoms with Gasteiger partial charge in [0.05, 0.1) is 23.3 Å². The van der Waals surface area contributed by atoms with Gasteiger partial charge in [-0.1, -0.05) is 50.6 Å². The number of rotatable bonds is 8. The van der Waals surface area contributed by atoms with Gasteiger partial charge < -0.3 is 10.5 Å². The van der Waals surface area contributed by atoms with Crippen LogP contribution in [0, 0.1) is 5.92 Å². The number of benzene rings is 3. The van der Waals surface area contributed by atoms with Crippen LogP contribution >= 0.6 is 11.6 Å². The molecule has 39 heavy (non-hydrogen) atoms. The molecule has 0 bridgehead atoms. The van der Waals surface area contributed by atoms with E-state index in [0.29, 0.717) is 23.1 Å². The molecule has 0 unspecified atom stereocenters. The fourth-order valence-electron chi connectivity index (χ4n) is 4.51. The highest BCUT2D eigenvalue weighted by Crippen LogP contribution is 2.38. The standard InChI is InChI=1S/C29H27ClF3N3O3/c1-4-27(37)39-20-7-9-22(23(14-20)28(34)38)26(11-16(2)3)36-25-10-5-17(12-18(25)15-35-36)21-8-6-19(13-24(21)30)29(31,32)33/h5-10,12-16,26H,4,11H2,1-3H3,(H2,34,38)/t26-/m1/s1. The quantitative estimate of drug-likeness (QED) is 0.180. The lowest BCUT2D eigenvalue weighted by molar-refractivity contribution is -0.137. The Balaban J connectivity index is 1.78. The Morgan fingerprint density at radius 3 is 2.44 bits per heavy atom. The zero-order valence-corrected chi connectivity index (χ0v) is 22.3. The molecule has 0 aliphatic carbocycles. The monoisotopic (exact) mass is 557 g/mol. The summed E-state index contributed by atoms with van der Waals surface area (Å²) in [5.41, 5.74) is 7.62. The summed E-state index contributed by atoms with van der Waals surface area (Å²) in [4.78, 5) is 24.2. The van der Waals surface area contributed by atoms with Crippen LogP contribution in [0.15, 0.2) is 60.8 Å². The van der Waals surface area contributed by atoms with Gasteiger partial charge in [0.1, 0.15) is 5.75 Å². The molecule has 2 N–H and O–H groups in total. The second-order valence-electron chi connectivity index (χ2n) is 9.64. The first-order chi connectivity index (χ1) is 18.4. The molecule has 10 heteroatoms. The van der Waals surface area contributed by atoms with E-state index in [1.807, 2.05) is 26.0 Å². The molecule has 4 rings (SSSR count). The average Bonchev–Trinajstić information content (AvgIpc) is 3.29. The number of hydrogen-bond acceptors (Lipinski definition) is 4. The van der Waals surface area contributed by atoms with E-state index in [1.165, 1.54) is 12.1 Å². The maximum atomic E-state index is 13.1. The summed E-state index contributed by atoms with van der Waals surface area (Å²) in [6.45, 7) is 5.76. The van der Waals surface area contributed by atoms with E-state index in [-0.39, 0.29) is 34.7 Å². The molecule has 204 valence electrons. The fourth-order valence-corrected chi connectivity index (χ4v) is 4.80. The molecule has 1 aromatic heterocycles. The smallest absolute Gasteiger partial charge is 0.416 e. The third-order valence-electron chi connectivity index (χ3n) is 6.36. The molecule has 0 spiro atoms. The number of carbonyl (C=O) groups is 2. The zero-order chi connectivity index (χ0) is 28.5. The van der Waals surface area contributed by atoms with Gasteiger partial charge in [-0.05, 0) is 59.9 Å². The number of ether oxygens (including phenoxy) is 1. The SMILES string of the molecule is CCC(=O)Oc1ccc([C@@H](CC(C)C)n2ncc3cc(-c4ccc(C(F)(F)F)cc4Cl)ccc32)c(C(N)=O)c1. The van der Waals surface area contributed by atoms with E-state index < -0.39 is 23.6 Å². The predicted molar refractivity (Wildman–Crippen MR) is 144 cm³/mol. The molecule has 0 aliphatic heterocycles. The highest BCUT2D eigenvalue weighted by Gasteiger charge is 2.31.